The van der Waals surface area contributed by atoms with E-state index in [4.69, 9.17) is 0 Å². The standard InChI is InChI=1S/C40H26N2/c1-2-10-37-35(8-1)36-9-3-4-11-38(36)40-26-31(12-13-39(37)40)29-6-5-7-30(22-29)34-24-32(27-14-18-41-19-15-27)23-33(25-34)28-16-20-42-21-17-28/h1-26H. The molecule has 6 aromatic carbocycles. The smallest absolute Gasteiger partial charge is 0.0273 e. The van der Waals surface area contributed by atoms with E-state index >= 15 is 0 Å². The lowest BCUT2D eigenvalue weighted by molar-refractivity contribution is 1.33. The van der Waals surface area contributed by atoms with Crippen molar-refractivity contribution in [2.24, 2.45) is 0 Å². The first-order valence-electron chi connectivity index (χ1n) is 14.2. The Kier molecular flexibility index (Phi) is 5.82. The van der Waals surface area contributed by atoms with Gasteiger partial charge in [-0.2, -0.15) is 0 Å². The zero-order chi connectivity index (χ0) is 27.9. The average Bonchev–Trinajstić information content (AvgIpc) is 3.09. The Hall–Kier alpha value is -5.60. The first-order valence-corrected chi connectivity index (χ1v) is 14.2. The van der Waals surface area contributed by atoms with Gasteiger partial charge in [-0.15, -0.1) is 0 Å². The van der Waals surface area contributed by atoms with Gasteiger partial charge in [0.05, 0.1) is 0 Å². The molecule has 2 heteroatoms. The van der Waals surface area contributed by atoms with Crippen molar-refractivity contribution >= 4 is 32.3 Å². The van der Waals surface area contributed by atoms with Crippen molar-refractivity contribution in [2.45, 2.75) is 0 Å². The van der Waals surface area contributed by atoms with Crippen LogP contribution in [0, 0.1) is 0 Å². The number of rotatable bonds is 4. The number of aromatic nitrogens is 2. The molecule has 0 radical (unpaired) electrons. The molecule has 0 bridgehead atoms. The average molecular weight is 535 g/mol. The van der Waals surface area contributed by atoms with E-state index in [-0.39, 0.29) is 0 Å². The van der Waals surface area contributed by atoms with Crippen LogP contribution in [0.25, 0.3) is 76.8 Å². The second-order valence-corrected chi connectivity index (χ2v) is 10.7. The van der Waals surface area contributed by atoms with Crippen molar-refractivity contribution < 1.29 is 0 Å². The number of hydrogen-bond acceptors (Lipinski definition) is 2. The molecule has 0 fully saturated rings. The molecule has 8 aromatic rings. The zero-order valence-electron chi connectivity index (χ0n) is 22.9. The molecule has 0 N–H and O–H groups in total. The van der Waals surface area contributed by atoms with Gasteiger partial charge < -0.3 is 0 Å². The molecule has 0 unspecified atom stereocenters. The van der Waals surface area contributed by atoms with Crippen LogP contribution >= 0.6 is 0 Å². The first kappa shape index (κ1) is 24.2. The van der Waals surface area contributed by atoms with Crippen molar-refractivity contribution in [3.05, 3.63) is 158 Å². The highest BCUT2D eigenvalue weighted by molar-refractivity contribution is 6.25. The largest absolute Gasteiger partial charge is 0.265 e. The van der Waals surface area contributed by atoms with Gasteiger partial charge in [0.2, 0.25) is 0 Å². The lowest BCUT2D eigenvalue weighted by Crippen LogP contribution is -1.88. The fourth-order valence-electron chi connectivity index (χ4n) is 6.18. The van der Waals surface area contributed by atoms with Gasteiger partial charge in [0, 0.05) is 24.8 Å². The Morgan fingerprint density at radius 3 is 1.14 bits per heavy atom. The summed E-state index contributed by atoms with van der Waals surface area (Å²) in [5.41, 5.74) is 9.39. The van der Waals surface area contributed by atoms with Crippen molar-refractivity contribution in [3.8, 4) is 44.5 Å². The second-order valence-electron chi connectivity index (χ2n) is 10.7. The summed E-state index contributed by atoms with van der Waals surface area (Å²) < 4.78 is 0. The lowest BCUT2D eigenvalue weighted by Gasteiger charge is -2.14. The number of hydrogen-bond donors (Lipinski definition) is 0. The zero-order valence-corrected chi connectivity index (χ0v) is 22.9. The number of fused-ring (bicyclic) bond motifs is 6. The molecule has 42 heavy (non-hydrogen) atoms. The summed E-state index contributed by atoms with van der Waals surface area (Å²) in [7, 11) is 0. The topological polar surface area (TPSA) is 25.8 Å². The molecule has 2 nitrogen and oxygen atoms in total. The van der Waals surface area contributed by atoms with Gasteiger partial charge in [0.25, 0.3) is 0 Å². The molecule has 0 atom stereocenters. The highest BCUT2D eigenvalue weighted by Crippen LogP contribution is 2.38. The van der Waals surface area contributed by atoms with E-state index in [2.05, 4.69) is 143 Å². The van der Waals surface area contributed by atoms with Gasteiger partial charge in [-0.05, 0) is 131 Å². The van der Waals surface area contributed by atoms with Crippen LogP contribution in [0.2, 0.25) is 0 Å². The van der Waals surface area contributed by atoms with Crippen LogP contribution in [0.5, 0.6) is 0 Å². The van der Waals surface area contributed by atoms with Gasteiger partial charge in [-0.1, -0.05) is 78.9 Å². The predicted molar refractivity (Wildman–Crippen MR) is 176 cm³/mol. The monoisotopic (exact) mass is 534 g/mol. The maximum absolute atomic E-state index is 4.23. The van der Waals surface area contributed by atoms with E-state index in [1.165, 1.54) is 54.6 Å². The Labute approximate surface area is 244 Å². The van der Waals surface area contributed by atoms with Crippen LogP contribution < -0.4 is 0 Å². The van der Waals surface area contributed by atoms with Crippen LogP contribution in [-0.2, 0) is 0 Å². The molecule has 0 saturated carbocycles. The molecule has 0 aliphatic rings. The summed E-state index contributed by atoms with van der Waals surface area (Å²) in [6.45, 7) is 0. The van der Waals surface area contributed by atoms with Crippen LogP contribution in [0.3, 0.4) is 0 Å². The molecule has 2 heterocycles. The quantitative estimate of drug-likeness (QED) is 0.210. The molecule has 0 saturated heterocycles. The third-order valence-electron chi connectivity index (χ3n) is 8.23. The van der Waals surface area contributed by atoms with Gasteiger partial charge >= 0.3 is 0 Å². The summed E-state index contributed by atoms with van der Waals surface area (Å²) in [5.74, 6) is 0. The Morgan fingerprint density at radius 1 is 0.238 bits per heavy atom. The summed E-state index contributed by atoms with van der Waals surface area (Å²) in [5, 5.41) is 7.75. The van der Waals surface area contributed by atoms with E-state index in [9.17, 15) is 0 Å². The first-order chi connectivity index (χ1) is 20.8. The minimum Gasteiger partial charge on any atom is -0.265 e. The Balaban J connectivity index is 1.29. The number of pyridine rings is 2. The number of nitrogens with zero attached hydrogens (tertiary/aromatic N) is 2. The van der Waals surface area contributed by atoms with Crippen molar-refractivity contribution in [2.75, 3.05) is 0 Å². The molecule has 2 aromatic heterocycles. The fraction of sp³-hybridized carbons (Fsp3) is 0. The summed E-state index contributed by atoms with van der Waals surface area (Å²) in [4.78, 5) is 8.45. The number of benzene rings is 6. The maximum Gasteiger partial charge on any atom is 0.0273 e. The highest BCUT2D eigenvalue weighted by Gasteiger charge is 2.11. The van der Waals surface area contributed by atoms with Crippen LogP contribution in [0.4, 0.5) is 0 Å². The molecular weight excluding hydrogens is 508 g/mol. The van der Waals surface area contributed by atoms with Crippen molar-refractivity contribution in [1.82, 2.24) is 9.97 Å². The predicted octanol–water partition coefficient (Wildman–Crippen LogP) is 10.6. The van der Waals surface area contributed by atoms with E-state index < -0.39 is 0 Å². The Morgan fingerprint density at radius 2 is 0.619 bits per heavy atom. The van der Waals surface area contributed by atoms with Gasteiger partial charge in [0.1, 0.15) is 0 Å². The van der Waals surface area contributed by atoms with Gasteiger partial charge in [0.15, 0.2) is 0 Å². The molecule has 0 aliphatic carbocycles. The van der Waals surface area contributed by atoms with Crippen molar-refractivity contribution in [1.29, 1.82) is 0 Å². The van der Waals surface area contributed by atoms with Gasteiger partial charge in [-0.3, -0.25) is 9.97 Å². The SMILES string of the molecule is c1cc(-c2cc(-c3ccncc3)cc(-c3ccncc3)c2)cc(-c2ccc3c4ccccc4c4ccccc4c3c2)c1. The van der Waals surface area contributed by atoms with Crippen LogP contribution in [0.1, 0.15) is 0 Å². The van der Waals surface area contributed by atoms with Gasteiger partial charge in [-0.25, -0.2) is 0 Å². The maximum atomic E-state index is 4.23. The highest BCUT2D eigenvalue weighted by atomic mass is 14.6. The molecule has 0 amide bonds. The third kappa shape index (κ3) is 4.22. The molecular formula is C40H26N2. The minimum atomic E-state index is 1.15. The fourth-order valence-corrected chi connectivity index (χ4v) is 6.18. The minimum absolute atomic E-state index is 1.15. The normalized spacial score (nSPS) is 11.3. The summed E-state index contributed by atoms with van der Waals surface area (Å²) in [6, 6.07) is 48.3. The second kappa shape index (κ2) is 10.1. The van der Waals surface area contributed by atoms with E-state index in [1.54, 1.807) is 0 Å². The summed E-state index contributed by atoms with van der Waals surface area (Å²) in [6.07, 6.45) is 7.39. The Bertz CT molecular complexity index is 2140. The molecule has 0 aliphatic heterocycles. The third-order valence-corrected chi connectivity index (χ3v) is 8.23. The summed E-state index contributed by atoms with van der Waals surface area (Å²) >= 11 is 0. The van der Waals surface area contributed by atoms with E-state index in [0.29, 0.717) is 0 Å². The molecule has 8 rings (SSSR count). The van der Waals surface area contributed by atoms with E-state index in [1.807, 2.05) is 24.8 Å². The van der Waals surface area contributed by atoms with Crippen molar-refractivity contribution in [3.63, 3.8) is 0 Å². The van der Waals surface area contributed by atoms with Crippen LogP contribution in [0.15, 0.2) is 158 Å². The van der Waals surface area contributed by atoms with E-state index in [0.717, 1.165) is 22.3 Å². The molecule has 0 spiro atoms. The van der Waals surface area contributed by atoms with Crippen LogP contribution in [-0.4, -0.2) is 9.97 Å². The lowest BCUT2D eigenvalue weighted by atomic mass is 9.90. The molecule has 196 valence electrons.